The van der Waals surface area contributed by atoms with Crippen molar-refractivity contribution in [2.24, 2.45) is 0 Å². The van der Waals surface area contributed by atoms with Gasteiger partial charge in [0.2, 0.25) is 0 Å². The summed E-state index contributed by atoms with van der Waals surface area (Å²) in [6.45, 7) is 1.94. The van der Waals surface area contributed by atoms with Crippen LogP contribution >= 0.6 is 11.3 Å². The number of aryl methyl sites for hydroxylation is 1. The predicted molar refractivity (Wildman–Crippen MR) is 72.0 cm³/mol. The topological polar surface area (TPSA) is 35.5 Å². The van der Waals surface area contributed by atoms with Crippen LogP contribution in [-0.4, -0.2) is 20.0 Å². The highest BCUT2D eigenvalue weighted by atomic mass is 32.1. The molecule has 0 spiro atoms. The van der Waals surface area contributed by atoms with E-state index in [1.807, 2.05) is 18.4 Å². The molecule has 18 heavy (non-hydrogen) atoms. The van der Waals surface area contributed by atoms with E-state index in [1.54, 1.807) is 43.8 Å². The maximum atomic E-state index is 12.4. The van der Waals surface area contributed by atoms with Gasteiger partial charge in [-0.2, -0.15) is 0 Å². The lowest BCUT2D eigenvalue weighted by atomic mass is 10.0. The summed E-state index contributed by atoms with van der Waals surface area (Å²) < 4.78 is 10.4. The second-order valence-electron chi connectivity index (χ2n) is 3.79. The Morgan fingerprint density at radius 2 is 1.89 bits per heavy atom. The van der Waals surface area contributed by atoms with Gasteiger partial charge in [-0.1, -0.05) is 0 Å². The molecule has 0 atom stereocenters. The quantitative estimate of drug-likeness (QED) is 0.793. The third kappa shape index (κ3) is 2.24. The molecule has 0 aliphatic rings. The van der Waals surface area contributed by atoms with Crippen molar-refractivity contribution in [2.75, 3.05) is 14.2 Å². The van der Waals surface area contributed by atoms with E-state index >= 15 is 0 Å². The lowest BCUT2D eigenvalue weighted by Crippen LogP contribution is -2.04. The Kier molecular flexibility index (Phi) is 3.67. The summed E-state index contributed by atoms with van der Waals surface area (Å²) in [6.07, 6.45) is 0. The van der Waals surface area contributed by atoms with E-state index in [4.69, 9.17) is 9.47 Å². The summed E-state index contributed by atoms with van der Waals surface area (Å²) in [7, 11) is 3.13. The molecule has 1 heterocycles. The lowest BCUT2D eigenvalue weighted by molar-refractivity contribution is 0.103. The molecular formula is C14H14O3S. The molecule has 0 aliphatic heterocycles. The summed E-state index contributed by atoms with van der Waals surface area (Å²) in [5.41, 5.74) is 1.24. The first-order valence-electron chi connectivity index (χ1n) is 5.48. The summed E-state index contributed by atoms with van der Waals surface area (Å²) in [6, 6.07) is 7.06. The zero-order chi connectivity index (χ0) is 13.1. The number of carbonyl (C=O) groups is 1. The zero-order valence-electron chi connectivity index (χ0n) is 10.5. The van der Waals surface area contributed by atoms with E-state index in [2.05, 4.69) is 0 Å². The average Bonchev–Trinajstić information content (AvgIpc) is 2.83. The summed E-state index contributed by atoms with van der Waals surface area (Å²) in [5, 5.41) is 1.91. The molecule has 0 radical (unpaired) electrons. The maximum absolute atomic E-state index is 12.4. The molecule has 2 rings (SSSR count). The second-order valence-corrected chi connectivity index (χ2v) is 4.91. The number of benzene rings is 1. The Balaban J connectivity index is 2.49. The van der Waals surface area contributed by atoms with Crippen molar-refractivity contribution in [3.63, 3.8) is 0 Å². The monoisotopic (exact) mass is 262 g/mol. The van der Waals surface area contributed by atoms with E-state index in [9.17, 15) is 4.79 Å². The molecular weight excluding hydrogens is 248 g/mol. The van der Waals surface area contributed by atoms with Gasteiger partial charge in [0, 0.05) is 10.4 Å². The van der Waals surface area contributed by atoms with E-state index in [0.29, 0.717) is 22.6 Å². The fraction of sp³-hybridized carbons (Fsp3) is 0.214. The van der Waals surface area contributed by atoms with Gasteiger partial charge >= 0.3 is 0 Å². The minimum absolute atomic E-state index is 0.0375. The summed E-state index contributed by atoms with van der Waals surface area (Å²) in [4.78, 5) is 13.5. The van der Waals surface area contributed by atoms with Crippen molar-refractivity contribution in [1.82, 2.24) is 0 Å². The number of hydrogen-bond donors (Lipinski definition) is 0. The SMILES string of the molecule is COc1ccc(OC)c(C(=O)c2ccsc2C)c1. The van der Waals surface area contributed by atoms with E-state index in [1.165, 1.54) is 0 Å². The number of rotatable bonds is 4. The molecule has 0 fully saturated rings. The molecule has 2 aromatic rings. The molecule has 0 bridgehead atoms. The van der Waals surface area contributed by atoms with Crippen LogP contribution in [0, 0.1) is 6.92 Å². The number of hydrogen-bond acceptors (Lipinski definition) is 4. The van der Waals surface area contributed by atoms with Crippen LogP contribution in [0.15, 0.2) is 29.6 Å². The van der Waals surface area contributed by atoms with Crippen LogP contribution in [0.5, 0.6) is 11.5 Å². The highest BCUT2D eigenvalue weighted by molar-refractivity contribution is 7.10. The second kappa shape index (κ2) is 5.23. The van der Waals surface area contributed by atoms with Gasteiger partial charge in [0.25, 0.3) is 0 Å². The molecule has 1 aromatic heterocycles. The highest BCUT2D eigenvalue weighted by Gasteiger charge is 2.17. The Bertz CT molecular complexity index is 572. The van der Waals surface area contributed by atoms with Gasteiger partial charge in [0.1, 0.15) is 11.5 Å². The Labute approximate surface area is 110 Å². The molecule has 3 nitrogen and oxygen atoms in total. The van der Waals surface area contributed by atoms with Crippen LogP contribution in [0.4, 0.5) is 0 Å². The normalized spacial score (nSPS) is 10.2. The first kappa shape index (κ1) is 12.6. The van der Waals surface area contributed by atoms with Gasteiger partial charge in [-0.05, 0) is 36.6 Å². The Morgan fingerprint density at radius 1 is 1.11 bits per heavy atom. The van der Waals surface area contributed by atoms with E-state index in [-0.39, 0.29) is 5.78 Å². The van der Waals surface area contributed by atoms with Crippen molar-refractivity contribution >= 4 is 17.1 Å². The molecule has 0 N–H and O–H groups in total. The molecule has 0 saturated carbocycles. The number of carbonyl (C=O) groups excluding carboxylic acids is 1. The van der Waals surface area contributed by atoms with Crippen molar-refractivity contribution in [2.45, 2.75) is 6.92 Å². The molecule has 0 aliphatic carbocycles. The zero-order valence-corrected chi connectivity index (χ0v) is 11.3. The molecule has 0 unspecified atom stereocenters. The highest BCUT2D eigenvalue weighted by Crippen LogP contribution is 2.28. The van der Waals surface area contributed by atoms with Crippen molar-refractivity contribution in [1.29, 1.82) is 0 Å². The number of methoxy groups -OCH3 is 2. The van der Waals surface area contributed by atoms with Gasteiger partial charge in [0.05, 0.1) is 19.8 Å². The minimum Gasteiger partial charge on any atom is -0.497 e. The molecule has 4 heteroatoms. The number of thiophene rings is 1. The van der Waals surface area contributed by atoms with E-state index in [0.717, 1.165) is 4.88 Å². The first-order valence-corrected chi connectivity index (χ1v) is 6.36. The maximum Gasteiger partial charge on any atom is 0.197 e. The van der Waals surface area contributed by atoms with Gasteiger partial charge in [0.15, 0.2) is 5.78 Å². The fourth-order valence-corrected chi connectivity index (χ4v) is 2.45. The minimum atomic E-state index is -0.0375. The first-order chi connectivity index (χ1) is 8.67. The lowest BCUT2D eigenvalue weighted by Gasteiger charge is -2.09. The molecule has 1 aromatic carbocycles. The molecule has 94 valence electrons. The van der Waals surface area contributed by atoms with Crippen LogP contribution in [0.1, 0.15) is 20.8 Å². The van der Waals surface area contributed by atoms with Crippen molar-refractivity contribution in [3.8, 4) is 11.5 Å². The van der Waals surface area contributed by atoms with Crippen LogP contribution in [0.3, 0.4) is 0 Å². The van der Waals surface area contributed by atoms with Crippen LogP contribution in [-0.2, 0) is 0 Å². The van der Waals surface area contributed by atoms with Gasteiger partial charge in [-0.15, -0.1) is 11.3 Å². The van der Waals surface area contributed by atoms with Crippen LogP contribution in [0.25, 0.3) is 0 Å². The number of ketones is 1. The van der Waals surface area contributed by atoms with Crippen molar-refractivity contribution in [3.05, 3.63) is 45.6 Å². The molecule has 0 amide bonds. The Morgan fingerprint density at radius 3 is 2.44 bits per heavy atom. The summed E-state index contributed by atoms with van der Waals surface area (Å²) >= 11 is 1.56. The largest absolute Gasteiger partial charge is 0.497 e. The van der Waals surface area contributed by atoms with Crippen LogP contribution in [0.2, 0.25) is 0 Å². The smallest absolute Gasteiger partial charge is 0.197 e. The molecule has 0 saturated heterocycles. The van der Waals surface area contributed by atoms with E-state index < -0.39 is 0 Å². The predicted octanol–water partition coefficient (Wildman–Crippen LogP) is 3.30. The van der Waals surface area contributed by atoms with Gasteiger partial charge in [-0.25, -0.2) is 0 Å². The summed E-state index contributed by atoms with van der Waals surface area (Å²) in [5.74, 6) is 1.17. The van der Waals surface area contributed by atoms with Gasteiger partial charge in [-0.3, -0.25) is 4.79 Å². The standard InChI is InChI=1S/C14H14O3S/c1-9-11(6-7-18-9)14(15)12-8-10(16-2)4-5-13(12)17-3/h4-8H,1-3H3. The third-order valence-electron chi connectivity index (χ3n) is 2.75. The fourth-order valence-electron chi connectivity index (χ4n) is 1.76. The Hall–Kier alpha value is -1.81. The van der Waals surface area contributed by atoms with Crippen LogP contribution < -0.4 is 9.47 Å². The van der Waals surface area contributed by atoms with Crippen molar-refractivity contribution < 1.29 is 14.3 Å². The van der Waals surface area contributed by atoms with Gasteiger partial charge < -0.3 is 9.47 Å². The average molecular weight is 262 g/mol. The number of ether oxygens (including phenoxy) is 2. The third-order valence-corrected chi connectivity index (χ3v) is 3.60.